The first-order valence-corrected chi connectivity index (χ1v) is 23.4. The Morgan fingerprint density at radius 1 is 0.258 bits per heavy atom. The highest BCUT2D eigenvalue weighted by Gasteiger charge is 2.52. The molecule has 2 atom stereocenters. The van der Waals surface area contributed by atoms with Crippen LogP contribution in [0.4, 0.5) is 45.5 Å². The Labute approximate surface area is 388 Å². The van der Waals surface area contributed by atoms with Crippen LogP contribution in [0.25, 0.3) is 43.1 Å². The first kappa shape index (κ1) is 40.0. The van der Waals surface area contributed by atoms with E-state index >= 15 is 0 Å². The van der Waals surface area contributed by atoms with Gasteiger partial charge < -0.3 is 19.6 Å². The molecule has 2 unspecified atom stereocenters. The second kappa shape index (κ2) is 15.0. The van der Waals surface area contributed by atoms with Gasteiger partial charge >= 0.3 is 0 Å². The largest absolute Gasteiger partial charge is 0.314 e. The zero-order valence-corrected chi connectivity index (χ0v) is 38.6. The van der Waals surface area contributed by atoms with E-state index in [2.05, 4.69) is 267 Å². The molecule has 0 saturated heterocycles. The van der Waals surface area contributed by atoms with Gasteiger partial charge in [0, 0.05) is 22.7 Å². The van der Waals surface area contributed by atoms with Crippen molar-refractivity contribution in [3.63, 3.8) is 0 Å². The molecule has 0 aromatic heterocycles. The molecular weight excluding hydrogens is 801 g/mol. The quantitative estimate of drug-likeness (QED) is 0.171. The molecule has 2 aliphatic rings. The molecule has 4 nitrogen and oxygen atoms in total. The highest BCUT2D eigenvalue weighted by molar-refractivity contribution is 6.00. The third-order valence-electron chi connectivity index (χ3n) is 14.1. The first-order valence-electron chi connectivity index (χ1n) is 23.4. The number of anilines is 8. The Bertz CT molecular complexity index is 3290. The molecule has 4 heteroatoms. The smallest absolute Gasteiger partial charge is 0.151 e. The summed E-state index contributed by atoms with van der Waals surface area (Å²) in [6.07, 6.45) is -0.582. The molecule has 322 valence electrons. The van der Waals surface area contributed by atoms with E-state index in [1.165, 1.54) is 77.0 Å². The van der Waals surface area contributed by atoms with Gasteiger partial charge in [0.1, 0.15) is 0 Å². The summed E-state index contributed by atoms with van der Waals surface area (Å²) in [6, 6.07) is 77.6. The lowest BCUT2D eigenvalue weighted by atomic mass is 9.86. The average Bonchev–Trinajstić information content (AvgIpc) is 3.85. The Morgan fingerprint density at radius 3 is 0.788 bits per heavy atom. The second-order valence-electron chi connectivity index (χ2n) is 20.3. The SMILES string of the molecule is CC(C)(C)c1ccc2c(c1)N(c1ccc3ccccc3c1)C(C1N(c3ccc4ccccc4c3)c3ccc(C(C)(C)C)cc3N1c1ccc3ccccc3c1)N2c1ccc2ccccc2c1. The van der Waals surface area contributed by atoms with Gasteiger partial charge in [0.25, 0.3) is 0 Å². The van der Waals surface area contributed by atoms with Crippen LogP contribution < -0.4 is 19.6 Å². The maximum Gasteiger partial charge on any atom is 0.151 e. The van der Waals surface area contributed by atoms with Crippen LogP contribution in [-0.4, -0.2) is 12.3 Å². The van der Waals surface area contributed by atoms with Crippen LogP contribution in [0.2, 0.25) is 0 Å². The van der Waals surface area contributed by atoms with Crippen molar-refractivity contribution in [2.75, 3.05) is 19.6 Å². The lowest BCUT2D eigenvalue weighted by Gasteiger charge is -2.44. The van der Waals surface area contributed by atoms with Crippen LogP contribution in [0.1, 0.15) is 52.7 Å². The van der Waals surface area contributed by atoms with E-state index in [0.717, 1.165) is 22.7 Å². The van der Waals surface area contributed by atoms with E-state index in [4.69, 9.17) is 0 Å². The van der Waals surface area contributed by atoms with Gasteiger partial charge in [-0.05, 0) is 138 Å². The molecule has 0 bridgehead atoms. The molecule has 2 aliphatic heterocycles. The summed E-state index contributed by atoms with van der Waals surface area (Å²) < 4.78 is 0. The van der Waals surface area contributed by atoms with E-state index in [1.54, 1.807) is 0 Å². The summed E-state index contributed by atoms with van der Waals surface area (Å²) in [5, 5.41) is 9.77. The maximum absolute atomic E-state index is 2.66. The van der Waals surface area contributed by atoms with E-state index in [9.17, 15) is 0 Å². The lowest BCUT2D eigenvalue weighted by Crippen LogP contribution is -2.58. The van der Waals surface area contributed by atoms with Crippen LogP contribution >= 0.6 is 0 Å². The minimum absolute atomic E-state index is 0.0723. The monoisotopic (exact) mass is 854 g/mol. The number of benzene rings is 10. The fourth-order valence-electron chi connectivity index (χ4n) is 10.6. The predicted octanol–water partition coefficient (Wildman–Crippen LogP) is 16.8. The molecule has 0 radical (unpaired) electrons. The van der Waals surface area contributed by atoms with Crippen LogP contribution in [0, 0.1) is 0 Å². The van der Waals surface area contributed by atoms with E-state index in [-0.39, 0.29) is 23.2 Å². The average molecular weight is 855 g/mol. The van der Waals surface area contributed by atoms with Crippen LogP contribution in [-0.2, 0) is 10.8 Å². The summed E-state index contributed by atoms with van der Waals surface area (Å²) >= 11 is 0. The van der Waals surface area contributed by atoms with Crippen molar-refractivity contribution in [3.8, 4) is 0 Å². The standard InChI is InChI=1S/C62H54N4/c1-61(2,3)49-27-33-55-57(39-49)65(53-31-25-43-17-9-13-21-47(43)37-53)59(63(55)51-29-23-41-15-7-11-19-45(41)35-51)60-64(52-30-24-42-16-8-12-20-46(42)36-52)56-34-28-50(62(4,5)6)40-58(56)66(60)54-32-26-44-18-10-14-22-48(44)38-54/h7-40,59-60H,1-6H3. The van der Waals surface area contributed by atoms with Crippen molar-refractivity contribution in [3.05, 3.63) is 217 Å². The Hall–Kier alpha value is -7.56. The lowest BCUT2D eigenvalue weighted by molar-refractivity contribution is 0.549. The highest BCUT2D eigenvalue weighted by atomic mass is 15.5. The zero-order valence-electron chi connectivity index (χ0n) is 38.6. The van der Waals surface area contributed by atoms with Gasteiger partial charge in [-0.25, -0.2) is 0 Å². The molecule has 2 heterocycles. The van der Waals surface area contributed by atoms with Gasteiger partial charge in [0.2, 0.25) is 0 Å². The molecule has 66 heavy (non-hydrogen) atoms. The third kappa shape index (κ3) is 6.57. The topological polar surface area (TPSA) is 13.0 Å². The van der Waals surface area contributed by atoms with Crippen LogP contribution in [0.15, 0.2) is 206 Å². The second-order valence-corrected chi connectivity index (χ2v) is 20.3. The van der Waals surface area contributed by atoms with Gasteiger partial charge in [0.15, 0.2) is 12.3 Å². The number of hydrogen-bond donors (Lipinski definition) is 0. The molecule has 0 fully saturated rings. The number of fused-ring (bicyclic) bond motifs is 6. The van der Waals surface area contributed by atoms with Crippen LogP contribution in [0.3, 0.4) is 0 Å². The summed E-state index contributed by atoms with van der Waals surface area (Å²) in [4.78, 5) is 10.6. The van der Waals surface area contributed by atoms with Gasteiger partial charge in [-0.2, -0.15) is 0 Å². The van der Waals surface area contributed by atoms with E-state index in [0.29, 0.717) is 0 Å². The Morgan fingerprint density at radius 2 is 0.515 bits per heavy atom. The molecule has 12 rings (SSSR count). The molecule has 0 spiro atoms. The van der Waals surface area contributed by atoms with Gasteiger partial charge in [-0.3, -0.25) is 0 Å². The minimum atomic E-state index is -0.291. The molecule has 0 saturated carbocycles. The molecule has 10 aromatic rings. The summed E-state index contributed by atoms with van der Waals surface area (Å²) in [5.41, 5.74) is 11.8. The normalized spacial score (nSPS) is 16.2. The van der Waals surface area contributed by atoms with Crippen molar-refractivity contribution in [2.24, 2.45) is 0 Å². The Kier molecular flexibility index (Phi) is 9.09. The highest BCUT2D eigenvalue weighted by Crippen LogP contribution is 2.57. The van der Waals surface area contributed by atoms with Crippen molar-refractivity contribution in [1.82, 2.24) is 0 Å². The predicted molar refractivity (Wildman–Crippen MR) is 282 cm³/mol. The number of rotatable bonds is 5. The first-order chi connectivity index (χ1) is 32.0. The molecule has 0 amide bonds. The third-order valence-corrected chi connectivity index (χ3v) is 14.1. The molecule has 0 N–H and O–H groups in total. The molecule has 0 aliphatic carbocycles. The molecular formula is C62H54N4. The fourth-order valence-corrected chi connectivity index (χ4v) is 10.6. The van der Waals surface area contributed by atoms with Crippen molar-refractivity contribution < 1.29 is 0 Å². The van der Waals surface area contributed by atoms with E-state index < -0.39 is 0 Å². The minimum Gasteiger partial charge on any atom is -0.314 e. The van der Waals surface area contributed by atoms with Crippen molar-refractivity contribution in [1.29, 1.82) is 0 Å². The number of hydrogen-bond acceptors (Lipinski definition) is 4. The Balaban J connectivity index is 1.21. The summed E-state index contributed by atoms with van der Waals surface area (Å²) in [6.45, 7) is 14.0. The maximum atomic E-state index is 2.66. The van der Waals surface area contributed by atoms with Gasteiger partial charge in [-0.15, -0.1) is 0 Å². The van der Waals surface area contributed by atoms with E-state index in [1.807, 2.05) is 0 Å². The number of nitrogens with zero attached hydrogens (tertiary/aromatic N) is 4. The fraction of sp³-hybridized carbons (Fsp3) is 0.161. The molecule has 10 aromatic carbocycles. The summed E-state index contributed by atoms with van der Waals surface area (Å²) in [7, 11) is 0. The van der Waals surface area contributed by atoms with Crippen molar-refractivity contribution in [2.45, 2.75) is 64.7 Å². The summed E-state index contributed by atoms with van der Waals surface area (Å²) in [5.74, 6) is 0. The van der Waals surface area contributed by atoms with Gasteiger partial charge in [-0.1, -0.05) is 175 Å². The van der Waals surface area contributed by atoms with Gasteiger partial charge in [0.05, 0.1) is 22.7 Å². The van der Waals surface area contributed by atoms with Crippen molar-refractivity contribution >= 4 is 88.6 Å². The van der Waals surface area contributed by atoms with Crippen LogP contribution in [0.5, 0.6) is 0 Å². The zero-order chi connectivity index (χ0) is 44.9.